The maximum Gasteiger partial charge on any atom is 0.138 e. The first-order valence-electron chi connectivity index (χ1n) is 13.1. The molecule has 0 saturated heterocycles. The van der Waals surface area contributed by atoms with Crippen molar-refractivity contribution in [2.24, 2.45) is 0 Å². The molecule has 0 fully saturated rings. The van der Waals surface area contributed by atoms with Crippen LogP contribution in [0.4, 0.5) is 17.1 Å². The van der Waals surface area contributed by atoms with E-state index in [2.05, 4.69) is 37.1 Å². The third-order valence-corrected chi connectivity index (χ3v) is 7.56. The molecular weight excluding hydrogens is 605 g/mol. The Bertz CT molecular complexity index is 1930. The molecule has 212 valence electrons. The van der Waals surface area contributed by atoms with Crippen LogP contribution in [0.25, 0.3) is 10.9 Å². The van der Waals surface area contributed by atoms with Gasteiger partial charge in [0.1, 0.15) is 24.1 Å². The number of hydrogen-bond acceptors (Lipinski definition) is 7. The third-order valence-electron chi connectivity index (χ3n) is 6.73. The van der Waals surface area contributed by atoms with Crippen molar-refractivity contribution < 1.29 is 4.74 Å². The zero-order valence-electron chi connectivity index (χ0n) is 22.4. The molecule has 6 aromatic rings. The van der Waals surface area contributed by atoms with Crippen molar-refractivity contribution in [2.75, 3.05) is 10.6 Å². The summed E-state index contributed by atoms with van der Waals surface area (Å²) in [6.07, 6.45) is 3.21. The highest BCUT2D eigenvalue weighted by Gasteiger charge is 2.20. The smallest absolute Gasteiger partial charge is 0.138 e. The lowest BCUT2D eigenvalue weighted by atomic mass is 10.0. The predicted octanol–water partition coefficient (Wildman–Crippen LogP) is 8.71. The number of nitrogens with zero attached hydrogens (tertiary/aromatic N) is 4. The summed E-state index contributed by atoms with van der Waals surface area (Å²) in [4.78, 5) is 4.47. The molecular formula is C32H22Cl3N7O. The predicted molar refractivity (Wildman–Crippen MR) is 170 cm³/mol. The first-order valence-corrected chi connectivity index (χ1v) is 14.3. The third kappa shape index (κ3) is 6.35. The highest BCUT2D eigenvalue weighted by Crippen LogP contribution is 2.38. The average molecular weight is 627 g/mol. The topological polar surface area (TPSA) is 112 Å². The average Bonchev–Trinajstić information content (AvgIpc) is 3.56. The van der Waals surface area contributed by atoms with Gasteiger partial charge in [-0.25, -0.2) is 0 Å². The Hall–Kier alpha value is -4.81. The number of halogens is 3. The molecule has 0 radical (unpaired) electrons. The number of nitriles is 1. The van der Waals surface area contributed by atoms with E-state index in [-0.39, 0.29) is 6.04 Å². The van der Waals surface area contributed by atoms with Crippen LogP contribution in [0.2, 0.25) is 15.1 Å². The molecule has 1 unspecified atom stereocenters. The summed E-state index contributed by atoms with van der Waals surface area (Å²) in [5.74, 6) is 0.548. The summed E-state index contributed by atoms with van der Waals surface area (Å²) >= 11 is 19.5. The van der Waals surface area contributed by atoms with E-state index in [0.717, 1.165) is 11.1 Å². The number of aromatic amines is 1. The number of nitrogens with one attached hydrogen (secondary N) is 3. The van der Waals surface area contributed by atoms with Gasteiger partial charge in [-0.2, -0.15) is 5.26 Å². The Morgan fingerprint density at radius 1 is 0.907 bits per heavy atom. The van der Waals surface area contributed by atoms with Crippen molar-refractivity contribution >= 4 is 62.8 Å². The van der Waals surface area contributed by atoms with E-state index in [0.29, 0.717) is 66.6 Å². The van der Waals surface area contributed by atoms with Gasteiger partial charge in [-0.3, -0.25) is 10.1 Å². The number of rotatable bonds is 9. The minimum atomic E-state index is -0.365. The fraction of sp³-hybridized carbons (Fsp3) is 0.0625. The van der Waals surface area contributed by atoms with E-state index >= 15 is 0 Å². The van der Waals surface area contributed by atoms with Crippen LogP contribution in [0.1, 0.15) is 28.4 Å². The monoisotopic (exact) mass is 625 g/mol. The summed E-state index contributed by atoms with van der Waals surface area (Å²) in [5, 5.41) is 29.8. The van der Waals surface area contributed by atoms with E-state index in [1.807, 2.05) is 66.7 Å². The second-order valence-electron chi connectivity index (χ2n) is 9.58. The molecule has 6 rings (SSSR count). The molecule has 2 aromatic heterocycles. The van der Waals surface area contributed by atoms with Gasteiger partial charge in [0.05, 0.1) is 32.9 Å². The van der Waals surface area contributed by atoms with Crippen molar-refractivity contribution in [3.63, 3.8) is 0 Å². The van der Waals surface area contributed by atoms with Crippen molar-refractivity contribution in [3.05, 3.63) is 135 Å². The molecule has 1 atom stereocenters. The number of fused-ring (bicyclic) bond motifs is 1. The largest absolute Gasteiger partial charge is 0.487 e. The molecule has 0 aliphatic heterocycles. The van der Waals surface area contributed by atoms with Gasteiger partial charge >= 0.3 is 0 Å². The summed E-state index contributed by atoms with van der Waals surface area (Å²) in [7, 11) is 0. The molecule has 3 N–H and O–H groups in total. The van der Waals surface area contributed by atoms with Crippen molar-refractivity contribution in [3.8, 4) is 11.8 Å². The van der Waals surface area contributed by atoms with Crippen LogP contribution in [0.15, 0.2) is 97.3 Å². The number of anilines is 3. The normalized spacial score (nSPS) is 11.6. The van der Waals surface area contributed by atoms with E-state index in [9.17, 15) is 5.26 Å². The summed E-state index contributed by atoms with van der Waals surface area (Å²) in [6.45, 7) is 0.389. The van der Waals surface area contributed by atoms with Crippen LogP contribution in [-0.2, 0) is 6.61 Å². The molecule has 2 heterocycles. The standard InChI is InChI=1S/C32H22Cl3N7O/c33-22-8-6-20(7-9-22)31(28-17-38-42-41-28)40-24-12-25-30(21(15-36)16-37-32(25)27(35)14-24)39-23-10-11-29(26(34)13-23)43-18-19-4-2-1-3-5-19/h1-14,16-17,31,40H,18H2,(H,37,39)(H,38,41,42). The molecule has 8 nitrogen and oxygen atoms in total. The Morgan fingerprint density at radius 2 is 1.70 bits per heavy atom. The zero-order chi connectivity index (χ0) is 29.8. The number of aromatic nitrogens is 4. The van der Waals surface area contributed by atoms with Gasteiger partial charge in [-0.15, -0.1) is 5.10 Å². The Morgan fingerprint density at radius 3 is 2.42 bits per heavy atom. The summed E-state index contributed by atoms with van der Waals surface area (Å²) in [6, 6.07) is 28.2. The number of benzene rings is 4. The lowest BCUT2D eigenvalue weighted by Crippen LogP contribution is -2.13. The van der Waals surface area contributed by atoms with E-state index in [1.54, 1.807) is 24.4 Å². The van der Waals surface area contributed by atoms with Crippen LogP contribution in [-0.4, -0.2) is 20.4 Å². The molecule has 4 aromatic carbocycles. The highest BCUT2D eigenvalue weighted by atomic mass is 35.5. The summed E-state index contributed by atoms with van der Waals surface area (Å²) < 4.78 is 5.92. The molecule has 0 bridgehead atoms. The van der Waals surface area contributed by atoms with Gasteiger partial charge < -0.3 is 15.4 Å². The quantitative estimate of drug-likeness (QED) is 0.147. The Balaban J connectivity index is 1.33. The Kier molecular flexibility index (Phi) is 8.29. The Labute approximate surface area is 262 Å². The molecule has 0 spiro atoms. The van der Waals surface area contributed by atoms with E-state index in [1.165, 1.54) is 6.20 Å². The fourth-order valence-corrected chi connectivity index (χ4v) is 5.27. The number of pyridine rings is 1. The molecule has 0 aliphatic rings. The lowest BCUT2D eigenvalue weighted by molar-refractivity contribution is 0.306. The second-order valence-corrected chi connectivity index (χ2v) is 10.8. The molecule has 0 amide bonds. The number of hydrogen-bond donors (Lipinski definition) is 3. The number of ether oxygens (including phenoxy) is 1. The maximum atomic E-state index is 9.96. The van der Waals surface area contributed by atoms with Crippen molar-refractivity contribution in [2.45, 2.75) is 12.6 Å². The lowest BCUT2D eigenvalue weighted by Gasteiger charge is -2.20. The van der Waals surface area contributed by atoms with E-state index < -0.39 is 0 Å². The van der Waals surface area contributed by atoms with Crippen molar-refractivity contribution in [1.82, 2.24) is 20.4 Å². The fourth-order valence-electron chi connectivity index (χ4n) is 4.64. The SMILES string of the molecule is N#Cc1cnc2c(Cl)cc(NC(c3ccc(Cl)cc3)c3c[nH]nn3)cc2c1Nc1ccc(OCc2ccccc2)c(Cl)c1. The molecule has 0 saturated carbocycles. The van der Waals surface area contributed by atoms with Crippen LogP contribution in [0, 0.1) is 11.3 Å². The molecule has 0 aliphatic carbocycles. The number of H-pyrrole nitrogens is 1. The van der Waals surface area contributed by atoms with E-state index in [4.69, 9.17) is 39.5 Å². The van der Waals surface area contributed by atoms with Crippen LogP contribution in [0.5, 0.6) is 5.75 Å². The zero-order valence-corrected chi connectivity index (χ0v) is 24.6. The van der Waals surface area contributed by atoms with Gasteiger partial charge in [0.15, 0.2) is 0 Å². The first kappa shape index (κ1) is 28.3. The molecule has 11 heteroatoms. The van der Waals surface area contributed by atoms with Crippen LogP contribution < -0.4 is 15.4 Å². The van der Waals surface area contributed by atoms with Gasteiger partial charge in [-0.05, 0) is 53.6 Å². The summed E-state index contributed by atoms with van der Waals surface area (Å²) in [5.41, 5.74) is 5.38. The first-order chi connectivity index (χ1) is 21.0. The minimum absolute atomic E-state index is 0.340. The second kappa shape index (κ2) is 12.6. The van der Waals surface area contributed by atoms with Crippen LogP contribution in [0.3, 0.4) is 0 Å². The highest BCUT2D eigenvalue weighted by molar-refractivity contribution is 6.36. The molecule has 43 heavy (non-hydrogen) atoms. The van der Waals surface area contributed by atoms with Gasteiger partial charge in [0, 0.05) is 34.2 Å². The van der Waals surface area contributed by atoms with Gasteiger partial charge in [-0.1, -0.05) is 82.5 Å². The van der Waals surface area contributed by atoms with Crippen LogP contribution >= 0.6 is 34.8 Å². The van der Waals surface area contributed by atoms with Crippen molar-refractivity contribution in [1.29, 1.82) is 5.26 Å². The maximum absolute atomic E-state index is 9.96. The van der Waals surface area contributed by atoms with Gasteiger partial charge in [0.25, 0.3) is 0 Å². The van der Waals surface area contributed by atoms with Gasteiger partial charge in [0.2, 0.25) is 0 Å². The minimum Gasteiger partial charge on any atom is -0.487 e.